The van der Waals surface area contributed by atoms with Crippen molar-refractivity contribution in [3.05, 3.63) is 127 Å². The molecular formula is C29H24N4O6. The molecular weight excluding hydrogens is 500 g/mol. The predicted octanol–water partition coefficient (Wildman–Crippen LogP) is 6.74. The molecule has 0 aliphatic carbocycles. The summed E-state index contributed by atoms with van der Waals surface area (Å²) < 4.78 is 0. The van der Waals surface area contributed by atoms with Crippen LogP contribution in [0.5, 0.6) is 11.5 Å². The van der Waals surface area contributed by atoms with Crippen molar-refractivity contribution in [3.63, 3.8) is 0 Å². The Bertz CT molecular complexity index is 1470. The first-order chi connectivity index (χ1) is 18.5. The molecule has 0 fully saturated rings. The molecule has 0 atom stereocenters. The number of aliphatic imine (C=N–C) groups is 2. The minimum atomic E-state index is -0.573. The maximum absolute atomic E-state index is 10.9. The number of nitro groups is 2. The Morgan fingerprint density at radius 3 is 1.33 bits per heavy atom. The van der Waals surface area contributed by atoms with Gasteiger partial charge < -0.3 is 10.2 Å². The number of nitro benzene ring substituents is 2. The number of hydrogen-bond acceptors (Lipinski definition) is 8. The van der Waals surface area contributed by atoms with Gasteiger partial charge in [-0.3, -0.25) is 30.2 Å². The second kappa shape index (κ2) is 10.9. The molecule has 0 saturated carbocycles. The van der Waals surface area contributed by atoms with Gasteiger partial charge in [-0.05, 0) is 70.8 Å². The third-order valence-electron chi connectivity index (χ3n) is 6.31. The van der Waals surface area contributed by atoms with Crippen LogP contribution in [0.2, 0.25) is 0 Å². The highest BCUT2D eigenvalue weighted by Crippen LogP contribution is 2.39. The Labute approximate surface area is 223 Å². The van der Waals surface area contributed by atoms with Crippen molar-refractivity contribution in [3.8, 4) is 11.5 Å². The zero-order valence-corrected chi connectivity index (χ0v) is 21.1. The number of phenolic OH excluding ortho intramolecular Hbond substituents is 2. The van der Waals surface area contributed by atoms with Gasteiger partial charge in [-0.2, -0.15) is 0 Å². The van der Waals surface area contributed by atoms with Crippen LogP contribution in [0.1, 0.15) is 36.1 Å². The summed E-state index contributed by atoms with van der Waals surface area (Å²) in [5, 5.41) is 42.5. The van der Waals surface area contributed by atoms with Crippen LogP contribution in [-0.2, 0) is 5.41 Å². The van der Waals surface area contributed by atoms with E-state index in [1.54, 1.807) is 60.7 Å². The Morgan fingerprint density at radius 1 is 0.641 bits per heavy atom. The van der Waals surface area contributed by atoms with Crippen molar-refractivity contribution in [2.24, 2.45) is 9.98 Å². The molecule has 4 aromatic carbocycles. The average molecular weight is 525 g/mol. The first-order valence-corrected chi connectivity index (χ1v) is 11.8. The van der Waals surface area contributed by atoms with Gasteiger partial charge in [-0.25, -0.2) is 0 Å². The second-order valence-electron chi connectivity index (χ2n) is 9.25. The largest absolute Gasteiger partial charge is 0.506 e. The summed E-state index contributed by atoms with van der Waals surface area (Å²) in [6.07, 6.45) is 3.03. The van der Waals surface area contributed by atoms with E-state index < -0.39 is 15.3 Å². The van der Waals surface area contributed by atoms with E-state index in [1.165, 1.54) is 36.7 Å². The van der Waals surface area contributed by atoms with E-state index in [-0.39, 0.29) is 22.9 Å². The molecule has 0 amide bonds. The van der Waals surface area contributed by atoms with Crippen LogP contribution < -0.4 is 0 Å². The van der Waals surface area contributed by atoms with Gasteiger partial charge in [0.25, 0.3) is 11.4 Å². The summed E-state index contributed by atoms with van der Waals surface area (Å²) in [6.45, 7) is 3.97. The molecule has 0 bridgehead atoms. The molecule has 196 valence electrons. The van der Waals surface area contributed by atoms with E-state index in [0.29, 0.717) is 22.5 Å². The number of phenols is 2. The van der Waals surface area contributed by atoms with Gasteiger partial charge >= 0.3 is 0 Å². The van der Waals surface area contributed by atoms with E-state index in [0.717, 1.165) is 11.1 Å². The summed E-state index contributed by atoms with van der Waals surface area (Å²) in [5.41, 5.74) is 2.99. The molecule has 4 aromatic rings. The average Bonchev–Trinajstić information content (AvgIpc) is 2.92. The van der Waals surface area contributed by atoms with Gasteiger partial charge in [-0.1, -0.05) is 26.0 Å². The highest BCUT2D eigenvalue weighted by Gasteiger charge is 2.25. The quantitative estimate of drug-likeness (QED) is 0.148. The number of benzene rings is 4. The van der Waals surface area contributed by atoms with Crippen molar-refractivity contribution in [1.29, 1.82) is 0 Å². The van der Waals surface area contributed by atoms with E-state index in [9.17, 15) is 30.4 Å². The van der Waals surface area contributed by atoms with Crippen molar-refractivity contribution in [2.75, 3.05) is 0 Å². The molecule has 0 spiro atoms. The lowest BCUT2D eigenvalue weighted by molar-refractivity contribution is -0.385. The summed E-state index contributed by atoms with van der Waals surface area (Å²) in [6, 6.07) is 22.0. The van der Waals surface area contributed by atoms with E-state index in [4.69, 9.17) is 0 Å². The van der Waals surface area contributed by atoms with Crippen LogP contribution in [0, 0.1) is 20.2 Å². The fourth-order valence-corrected chi connectivity index (χ4v) is 3.85. The van der Waals surface area contributed by atoms with Crippen molar-refractivity contribution in [2.45, 2.75) is 19.3 Å². The lowest BCUT2D eigenvalue weighted by atomic mass is 9.77. The molecule has 4 rings (SSSR count). The van der Waals surface area contributed by atoms with Crippen molar-refractivity contribution in [1.82, 2.24) is 0 Å². The van der Waals surface area contributed by atoms with Crippen LogP contribution in [0.4, 0.5) is 22.7 Å². The van der Waals surface area contributed by atoms with Crippen LogP contribution in [0.15, 0.2) is 94.9 Å². The van der Waals surface area contributed by atoms with E-state index in [1.807, 2.05) is 13.8 Å². The van der Waals surface area contributed by atoms with Crippen LogP contribution in [0.3, 0.4) is 0 Å². The fourth-order valence-electron chi connectivity index (χ4n) is 3.85. The number of hydrogen-bond donors (Lipinski definition) is 2. The number of nitrogens with zero attached hydrogens (tertiary/aromatic N) is 4. The SMILES string of the molecule is CC(C)(c1ccc(O)c(N=Cc2ccc([N+](=O)[O-])cc2)c1)c1ccc(O)c(N=Cc2ccc([N+](=O)[O-])cc2)c1. The predicted molar refractivity (Wildman–Crippen MR) is 149 cm³/mol. The molecule has 0 saturated heterocycles. The minimum absolute atomic E-state index is 0.0215. The summed E-state index contributed by atoms with van der Waals surface area (Å²) >= 11 is 0. The van der Waals surface area contributed by atoms with Gasteiger partial charge in [-0.15, -0.1) is 0 Å². The highest BCUT2D eigenvalue weighted by atomic mass is 16.6. The zero-order valence-electron chi connectivity index (χ0n) is 21.1. The van der Waals surface area contributed by atoms with Crippen molar-refractivity contribution < 1.29 is 20.1 Å². The number of rotatable bonds is 8. The van der Waals surface area contributed by atoms with E-state index >= 15 is 0 Å². The topological polar surface area (TPSA) is 151 Å². The normalized spacial score (nSPS) is 11.7. The van der Waals surface area contributed by atoms with Gasteiger partial charge in [0.2, 0.25) is 0 Å². The van der Waals surface area contributed by atoms with Crippen LogP contribution in [0.25, 0.3) is 0 Å². The van der Waals surface area contributed by atoms with Crippen LogP contribution >= 0.6 is 0 Å². The first-order valence-electron chi connectivity index (χ1n) is 11.8. The summed E-state index contributed by atoms with van der Waals surface area (Å²) in [7, 11) is 0. The Morgan fingerprint density at radius 2 is 1.00 bits per heavy atom. The standard InChI is InChI=1S/C29H24N4O6/c1-29(2,21-7-13-27(34)25(15-21)30-17-19-3-9-23(10-4-19)32(36)37)22-8-14-28(35)26(16-22)31-18-20-5-11-24(12-6-20)33(38)39/h3-18,34-35H,1-2H3. The Hall–Kier alpha value is -5.38. The van der Waals surface area contributed by atoms with Crippen LogP contribution in [-0.4, -0.2) is 32.5 Å². The Balaban J connectivity index is 1.60. The zero-order chi connectivity index (χ0) is 28.2. The molecule has 0 aliphatic rings. The molecule has 10 nitrogen and oxygen atoms in total. The van der Waals surface area contributed by atoms with Gasteiger partial charge in [0.05, 0.1) is 9.85 Å². The second-order valence-corrected chi connectivity index (χ2v) is 9.25. The number of aromatic hydroxyl groups is 2. The molecule has 2 N–H and O–H groups in total. The first kappa shape index (κ1) is 26.7. The molecule has 0 radical (unpaired) electrons. The summed E-state index contributed by atoms with van der Waals surface area (Å²) in [5.74, 6) is -0.0430. The number of non-ortho nitro benzene ring substituents is 2. The van der Waals surface area contributed by atoms with E-state index in [2.05, 4.69) is 9.98 Å². The lowest BCUT2D eigenvalue weighted by Crippen LogP contribution is -2.18. The maximum Gasteiger partial charge on any atom is 0.269 e. The van der Waals surface area contributed by atoms with Gasteiger partial charge in [0.1, 0.15) is 22.9 Å². The third kappa shape index (κ3) is 6.13. The smallest absolute Gasteiger partial charge is 0.269 e. The Kier molecular flexibility index (Phi) is 7.48. The van der Waals surface area contributed by atoms with Gasteiger partial charge in [0.15, 0.2) is 0 Å². The highest BCUT2D eigenvalue weighted by molar-refractivity contribution is 5.84. The monoisotopic (exact) mass is 524 g/mol. The molecule has 0 heterocycles. The minimum Gasteiger partial charge on any atom is -0.506 e. The summed E-state index contributed by atoms with van der Waals surface area (Å²) in [4.78, 5) is 29.5. The third-order valence-corrected chi connectivity index (χ3v) is 6.31. The maximum atomic E-state index is 10.9. The van der Waals surface area contributed by atoms with Crippen molar-refractivity contribution >= 4 is 35.2 Å². The fraction of sp³-hybridized carbons (Fsp3) is 0.103. The molecule has 0 unspecified atom stereocenters. The van der Waals surface area contributed by atoms with Gasteiger partial charge in [0, 0.05) is 42.1 Å². The molecule has 39 heavy (non-hydrogen) atoms. The molecule has 10 heteroatoms. The molecule has 0 aliphatic heterocycles. The lowest BCUT2D eigenvalue weighted by Gasteiger charge is -2.27. The molecule has 0 aromatic heterocycles.